The number of hydrazone groups is 1. The molecule has 9 heteroatoms. The topological polar surface area (TPSA) is 115 Å². The van der Waals surface area contributed by atoms with E-state index in [0.717, 1.165) is 12.0 Å². The summed E-state index contributed by atoms with van der Waals surface area (Å²) in [5.41, 5.74) is 5.67. The molecule has 0 aliphatic heterocycles. The number of benzene rings is 1. The van der Waals surface area contributed by atoms with Crippen LogP contribution < -0.4 is 20.2 Å². The summed E-state index contributed by atoms with van der Waals surface area (Å²) in [5.74, 6) is 1.24. The summed E-state index contributed by atoms with van der Waals surface area (Å²) in [4.78, 5) is 29.3. The number of methoxy groups -OCH3 is 2. The molecule has 2 heterocycles. The fourth-order valence-electron chi connectivity index (χ4n) is 3.76. The summed E-state index contributed by atoms with van der Waals surface area (Å²) in [5, 5.41) is 7.17. The average Bonchev–Trinajstić information content (AvgIpc) is 3.20. The van der Waals surface area contributed by atoms with Crippen LogP contribution in [0.1, 0.15) is 50.6 Å². The molecular weight excluding hydrogens is 424 g/mol. The molecule has 33 heavy (non-hydrogen) atoms. The molecule has 0 fully saturated rings. The Hall–Kier alpha value is -4.14. The highest BCUT2D eigenvalue weighted by Gasteiger charge is 2.28. The zero-order valence-corrected chi connectivity index (χ0v) is 18.6. The lowest BCUT2D eigenvalue weighted by molar-refractivity contribution is 0.0953. The van der Waals surface area contributed by atoms with E-state index >= 15 is 0 Å². The molecule has 0 unspecified atom stereocenters. The van der Waals surface area contributed by atoms with E-state index in [-0.39, 0.29) is 11.7 Å². The number of pyridine rings is 1. The maximum absolute atomic E-state index is 13.0. The lowest BCUT2D eigenvalue weighted by Gasteiger charge is -2.13. The van der Waals surface area contributed by atoms with Gasteiger partial charge in [-0.25, -0.2) is 5.43 Å². The van der Waals surface area contributed by atoms with Gasteiger partial charge in [-0.3, -0.25) is 14.6 Å². The van der Waals surface area contributed by atoms with E-state index in [2.05, 4.69) is 20.8 Å². The highest BCUT2D eigenvalue weighted by Crippen LogP contribution is 2.32. The third kappa shape index (κ3) is 4.57. The van der Waals surface area contributed by atoms with Gasteiger partial charge in [-0.05, 0) is 44.0 Å². The van der Waals surface area contributed by atoms with Crippen LogP contribution in [0.3, 0.4) is 0 Å². The Balaban J connectivity index is 1.57. The van der Waals surface area contributed by atoms with Crippen molar-refractivity contribution in [2.45, 2.75) is 26.2 Å². The first-order valence-corrected chi connectivity index (χ1v) is 10.4. The van der Waals surface area contributed by atoms with Gasteiger partial charge in [0.2, 0.25) is 0 Å². The third-order valence-electron chi connectivity index (χ3n) is 5.42. The van der Waals surface area contributed by atoms with Gasteiger partial charge in [-0.15, -0.1) is 0 Å². The Morgan fingerprint density at radius 3 is 2.58 bits per heavy atom. The van der Waals surface area contributed by atoms with Crippen LogP contribution in [0.5, 0.6) is 11.5 Å². The zero-order valence-electron chi connectivity index (χ0n) is 18.6. The van der Waals surface area contributed by atoms with Crippen molar-refractivity contribution in [1.29, 1.82) is 0 Å². The Kier molecular flexibility index (Phi) is 6.39. The van der Waals surface area contributed by atoms with Crippen molar-refractivity contribution >= 4 is 23.2 Å². The molecule has 2 N–H and O–H groups in total. The minimum atomic E-state index is -0.398. The predicted molar refractivity (Wildman–Crippen MR) is 122 cm³/mol. The van der Waals surface area contributed by atoms with E-state index in [1.807, 2.05) is 6.92 Å². The molecule has 1 aromatic carbocycles. The summed E-state index contributed by atoms with van der Waals surface area (Å²) in [7, 11) is 3.08. The summed E-state index contributed by atoms with van der Waals surface area (Å²) < 4.78 is 16.5. The summed E-state index contributed by atoms with van der Waals surface area (Å²) in [6.45, 7) is 1.81. The van der Waals surface area contributed by atoms with Crippen LogP contribution in [0.2, 0.25) is 0 Å². The van der Waals surface area contributed by atoms with Crippen molar-refractivity contribution in [3.63, 3.8) is 0 Å². The monoisotopic (exact) mass is 448 g/mol. The number of carbonyl (C=O) groups is 2. The van der Waals surface area contributed by atoms with Gasteiger partial charge >= 0.3 is 0 Å². The number of aromatic nitrogens is 1. The Morgan fingerprint density at radius 2 is 1.85 bits per heavy atom. The fourth-order valence-corrected chi connectivity index (χ4v) is 3.76. The van der Waals surface area contributed by atoms with Crippen molar-refractivity contribution in [3.05, 3.63) is 70.9 Å². The largest absolute Gasteiger partial charge is 0.497 e. The molecule has 0 spiro atoms. The molecule has 0 atom stereocenters. The van der Waals surface area contributed by atoms with E-state index in [1.165, 1.54) is 7.11 Å². The normalized spacial score (nSPS) is 13.8. The van der Waals surface area contributed by atoms with Gasteiger partial charge in [0, 0.05) is 41.6 Å². The van der Waals surface area contributed by atoms with Crippen molar-refractivity contribution < 1.29 is 23.5 Å². The number of nitrogens with zero attached hydrogens (tertiary/aromatic N) is 2. The third-order valence-corrected chi connectivity index (χ3v) is 5.42. The molecule has 1 aliphatic rings. The standard InChI is InChI=1S/C24H24N4O5/c1-14-21-18(27-28-23(29)15-9-11-25-12-10-15)5-4-6-19(21)33-22(14)24(30)26-17-8-7-16(31-2)13-20(17)32-3/h7-13H,4-6H2,1-3H3,(H,26,30)(H,28,29)/b27-18+. The minimum Gasteiger partial charge on any atom is -0.497 e. The van der Waals surface area contributed by atoms with Gasteiger partial charge in [0.1, 0.15) is 17.3 Å². The summed E-state index contributed by atoms with van der Waals surface area (Å²) in [6.07, 6.45) is 5.24. The Morgan fingerprint density at radius 1 is 1.06 bits per heavy atom. The number of hydrogen-bond donors (Lipinski definition) is 2. The van der Waals surface area contributed by atoms with Crippen LogP contribution in [0.4, 0.5) is 5.69 Å². The number of nitrogens with one attached hydrogen (secondary N) is 2. The molecular formula is C24H24N4O5. The average molecular weight is 448 g/mol. The molecule has 3 aromatic rings. The minimum absolute atomic E-state index is 0.202. The second-order valence-corrected chi connectivity index (χ2v) is 7.46. The quantitative estimate of drug-likeness (QED) is 0.556. The molecule has 0 saturated heterocycles. The second-order valence-electron chi connectivity index (χ2n) is 7.46. The van der Waals surface area contributed by atoms with Crippen LogP contribution >= 0.6 is 0 Å². The van der Waals surface area contributed by atoms with E-state index in [9.17, 15) is 9.59 Å². The summed E-state index contributed by atoms with van der Waals surface area (Å²) >= 11 is 0. The van der Waals surface area contributed by atoms with Gasteiger partial charge in [0.05, 0.1) is 25.6 Å². The molecule has 2 aromatic heterocycles. The number of amides is 2. The van der Waals surface area contributed by atoms with Crippen LogP contribution in [0.25, 0.3) is 0 Å². The highest BCUT2D eigenvalue weighted by atomic mass is 16.5. The molecule has 4 rings (SSSR count). The van der Waals surface area contributed by atoms with Crippen molar-refractivity contribution in [2.24, 2.45) is 5.10 Å². The number of ether oxygens (including phenoxy) is 2. The van der Waals surface area contributed by atoms with Gasteiger partial charge < -0.3 is 19.2 Å². The SMILES string of the molecule is COc1ccc(NC(=O)c2oc3c(c2C)/C(=N/NC(=O)c2ccncc2)CCC3)c(OC)c1. The van der Waals surface area contributed by atoms with E-state index < -0.39 is 5.91 Å². The first kappa shape index (κ1) is 22.1. The molecule has 170 valence electrons. The first-order chi connectivity index (χ1) is 16.0. The molecule has 0 saturated carbocycles. The number of hydrogen-bond acceptors (Lipinski definition) is 7. The van der Waals surface area contributed by atoms with Gasteiger partial charge in [0.15, 0.2) is 5.76 Å². The molecule has 2 amide bonds. The molecule has 0 bridgehead atoms. The Labute approximate surface area is 190 Å². The van der Waals surface area contributed by atoms with Crippen LogP contribution in [-0.2, 0) is 6.42 Å². The predicted octanol–water partition coefficient (Wildman–Crippen LogP) is 3.72. The van der Waals surface area contributed by atoms with Gasteiger partial charge in [-0.2, -0.15) is 5.10 Å². The number of rotatable bonds is 6. The van der Waals surface area contributed by atoms with E-state index in [4.69, 9.17) is 13.9 Å². The second kappa shape index (κ2) is 9.56. The summed E-state index contributed by atoms with van der Waals surface area (Å²) in [6, 6.07) is 8.34. The molecule has 0 radical (unpaired) electrons. The first-order valence-electron chi connectivity index (χ1n) is 10.4. The van der Waals surface area contributed by atoms with Crippen LogP contribution in [-0.4, -0.2) is 36.7 Å². The fraction of sp³-hybridized carbons (Fsp3) is 0.250. The highest BCUT2D eigenvalue weighted by molar-refractivity contribution is 6.10. The van der Waals surface area contributed by atoms with Crippen molar-refractivity contribution in [1.82, 2.24) is 10.4 Å². The van der Waals surface area contributed by atoms with Crippen molar-refractivity contribution in [2.75, 3.05) is 19.5 Å². The zero-order chi connectivity index (χ0) is 23.4. The number of fused-ring (bicyclic) bond motifs is 1. The smallest absolute Gasteiger partial charge is 0.291 e. The number of anilines is 1. The number of furan rings is 1. The van der Waals surface area contributed by atoms with Gasteiger partial charge in [-0.1, -0.05) is 0 Å². The number of carbonyl (C=O) groups excluding carboxylic acids is 2. The maximum atomic E-state index is 13.0. The van der Waals surface area contributed by atoms with Crippen LogP contribution in [0.15, 0.2) is 52.2 Å². The molecule has 9 nitrogen and oxygen atoms in total. The molecule has 1 aliphatic carbocycles. The van der Waals surface area contributed by atoms with E-state index in [0.29, 0.717) is 52.6 Å². The maximum Gasteiger partial charge on any atom is 0.291 e. The lowest BCUT2D eigenvalue weighted by Crippen LogP contribution is -2.22. The van der Waals surface area contributed by atoms with Crippen molar-refractivity contribution in [3.8, 4) is 11.5 Å². The van der Waals surface area contributed by atoms with Gasteiger partial charge in [0.25, 0.3) is 11.8 Å². The number of aryl methyl sites for hydroxylation is 1. The lowest BCUT2D eigenvalue weighted by atomic mass is 9.93. The van der Waals surface area contributed by atoms with Crippen LogP contribution in [0, 0.1) is 6.92 Å². The van der Waals surface area contributed by atoms with E-state index in [1.54, 1.807) is 49.8 Å². The Bertz CT molecular complexity index is 1220.